The zero-order chi connectivity index (χ0) is 9.84. The third-order valence-electron chi connectivity index (χ3n) is 2.31. The van der Waals surface area contributed by atoms with Crippen LogP contribution in [0.1, 0.15) is 18.1 Å². The van der Waals surface area contributed by atoms with Crippen LogP contribution in [0.5, 0.6) is 5.75 Å². The van der Waals surface area contributed by atoms with Gasteiger partial charge in [0.1, 0.15) is 5.75 Å². The van der Waals surface area contributed by atoms with Crippen molar-refractivity contribution in [2.75, 3.05) is 0 Å². The first-order chi connectivity index (χ1) is 6.15. The second kappa shape index (κ2) is 4.13. The third kappa shape index (κ3) is 2.35. The Morgan fingerprint density at radius 1 is 1.54 bits per heavy atom. The van der Waals surface area contributed by atoms with Crippen LogP contribution in [-0.2, 0) is 6.42 Å². The number of phenols is 1. The zero-order valence-electron chi connectivity index (χ0n) is 8.25. The lowest BCUT2D eigenvalue weighted by molar-refractivity contribution is 0.464. The van der Waals surface area contributed by atoms with Crippen LogP contribution in [-0.4, -0.2) is 5.11 Å². The quantitative estimate of drug-likeness (QED) is 0.702. The molecule has 0 radical (unpaired) electrons. The normalized spacial score (nSPS) is 12.5. The molecule has 0 amide bonds. The molecule has 70 valence electrons. The molecule has 0 aromatic heterocycles. The van der Waals surface area contributed by atoms with E-state index in [1.54, 1.807) is 6.07 Å². The smallest absolute Gasteiger partial charge is 0.119 e. The molecule has 0 bridgehead atoms. The molecular formula is C12H16O. The van der Waals surface area contributed by atoms with E-state index >= 15 is 0 Å². The maximum Gasteiger partial charge on any atom is 0.119 e. The Balaban J connectivity index is 2.93. The highest BCUT2D eigenvalue weighted by Gasteiger charge is 2.06. The molecule has 1 aromatic rings. The lowest BCUT2D eigenvalue weighted by atomic mass is 9.97. The highest BCUT2D eigenvalue weighted by atomic mass is 16.3. The third-order valence-corrected chi connectivity index (χ3v) is 2.31. The van der Waals surface area contributed by atoms with Crippen LogP contribution >= 0.6 is 0 Å². The summed E-state index contributed by atoms with van der Waals surface area (Å²) in [7, 11) is 0. The van der Waals surface area contributed by atoms with Gasteiger partial charge in [0.15, 0.2) is 0 Å². The van der Waals surface area contributed by atoms with Crippen molar-refractivity contribution in [1.82, 2.24) is 0 Å². The standard InChI is InChI=1S/C12H16O/c1-4-9(2)8-11-10(3)6-5-7-12(11)13/h4-7,9,13H,1,8H2,2-3H3. The number of hydrogen-bond donors (Lipinski definition) is 1. The van der Waals surface area contributed by atoms with Crippen LogP contribution in [0, 0.1) is 12.8 Å². The van der Waals surface area contributed by atoms with E-state index in [0.717, 1.165) is 17.5 Å². The first-order valence-electron chi connectivity index (χ1n) is 4.55. The van der Waals surface area contributed by atoms with Crippen molar-refractivity contribution in [1.29, 1.82) is 0 Å². The van der Waals surface area contributed by atoms with Crippen LogP contribution in [0.3, 0.4) is 0 Å². The molecule has 0 aliphatic rings. The largest absolute Gasteiger partial charge is 0.508 e. The van der Waals surface area contributed by atoms with Crippen molar-refractivity contribution in [3.63, 3.8) is 0 Å². The summed E-state index contributed by atoms with van der Waals surface area (Å²) in [5.41, 5.74) is 2.18. The van der Waals surface area contributed by atoms with E-state index in [0.29, 0.717) is 11.7 Å². The van der Waals surface area contributed by atoms with Gasteiger partial charge in [-0.05, 0) is 36.5 Å². The lowest BCUT2D eigenvalue weighted by Crippen LogP contribution is -1.98. The van der Waals surface area contributed by atoms with Crippen molar-refractivity contribution in [3.05, 3.63) is 42.0 Å². The summed E-state index contributed by atoms with van der Waals surface area (Å²) in [6.45, 7) is 7.85. The number of rotatable bonds is 3. The number of phenolic OH excluding ortho intramolecular Hbond substituents is 1. The molecule has 0 aliphatic heterocycles. The molecule has 1 rings (SSSR count). The number of allylic oxidation sites excluding steroid dienone is 1. The van der Waals surface area contributed by atoms with Crippen LogP contribution in [0.4, 0.5) is 0 Å². The van der Waals surface area contributed by atoms with Crippen molar-refractivity contribution in [2.24, 2.45) is 5.92 Å². The Kier molecular flexibility index (Phi) is 3.13. The van der Waals surface area contributed by atoms with Gasteiger partial charge in [-0.3, -0.25) is 0 Å². The second-order valence-electron chi connectivity index (χ2n) is 3.49. The molecule has 1 N–H and O–H groups in total. The van der Waals surface area contributed by atoms with E-state index in [2.05, 4.69) is 13.5 Å². The van der Waals surface area contributed by atoms with E-state index in [-0.39, 0.29) is 0 Å². The minimum Gasteiger partial charge on any atom is -0.508 e. The molecule has 1 aromatic carbocycles. The topological polar surface area (TPSA) is 20.2 Å². The molecule has 0 aliphatic carbocycles. The van der Waals surface area contributed by atoms with Crippen molar-refractivity contribution >= 4 is 0 Å². The molecule has 13 heavy (non-hydrogen) atoms. The van der Waals surface area contributed by atoms with Crippen LogP contribution in [0.25, 0.3) is 0 Å². The molecule has 0 spiro atoms. The van der Waals surface area contributed by atoms with Gasteiger partial charge in [-0.1, -0.05) is 25.1 Å². The van der Waals surface area contributed by atoms with Crippen LogP contribution < -0.4 is 0 Å². The molecule has 1 heteroatoms. The fraction of sp³-hybridized carbons (Fsp3) is 0.333. The summed E-state index contributed by atoms with van der Waals surface area (Å²) in [6.07, 6.45) is 2.77. The van der Waals surface area contributed by atoms with Gasteiger partial charge in [0.25, 0.3) is 0 Å². The van der Waals surface area contributed by atoms with Crippen LogP contribution in [0.2, 0.25) is 0 Å². The Morgan fingerprint density at radius 3 is 2.77 bits per heavy atom. The maximum absolute atomic E-state index is 9.60. The van der Waals surface area contributed by atoms with E-state index in [1.807, 2.05) is 25.1 Å². The minimum absolute atomic E-state index is 0.397. The first-order valence-corrected chi connectivity index (χ1v) is 4.55. The fourth-order valence-electron chi connectivity index (χ4n) is 1.36. The first kappa shape index (κ1) is 9.85. The van der Waals surface area contributed by atoms with Crippen molar-refractivity contribution in [3.8, 4) is 5.75 Å². The predicted molar refractivity (Wildman–Crippen MR) is 55.9 cm³/mol. The van der Waals surface area contributed by atoms with E-state index in [9.17, 15) is 5.11 Å². The SMILES string of the molecule is C=CC(C)Cc1c(C)cccc1O. The average Bonchev–Trinajstić information content (AvgIpc) is 2.11. The Labute approximate surface area is 79.7 Å². The average molecular weight is 176 g/mol. The molecule has 1 nitrogen and oxygen atoms in total. The number of benzene rings is 1. The van der Waals surface area contributed by atoms with Gasteiger partial charge >= 0.3 is 0 Å². The van der Waals surface area contributed by atoms with Gasteiger partial charge in [-0.2, -0.15) is 0 Å². The molecule has 0 saturated heterocycles. The van der Waals surface area contributed by atoms with Crippen molar-refractivity contribution < 1.29 is 5.11 Å². The minimum atomic E-state index is 0.397. The monoisotopic (exact) mass is 176 g/mol. The summed E-state index contributed by atoms with van der Waals surface area (Å²) < 4.78 is 0. The summed E-state index contributed by atoms with van der Waals surface area (Å²) in [4.78, 5) is 0. The summed E-state index contributed by atoms with van der Waals surface area (Å²) in [5.74, 6) is 0.806. The van der Waals surface area contributed by atoms with Gasteiger partial charge in [-0.25, -0.2) is 0 Å². The van der Waals surface area contributed by atoms with Gasteiger partial charge in [0.2, 0.25) is 0 Å². The molecule has 0 saturated carbocycles. The fourth-order valence-corrected chi connectivity index (χ4v) is 1.36. The van der Waals surface area contributed by atoms with Gasteiger partial charge < -0.3 is 5.11 Å². The molecular weight excluding hydrogens is 160 g/mol. The molecule has 1 atom stereocenters. The zero-order valence-corrected chi connectivity index (χ0v) is 8.25. The van der Waals surface area contributed by atoms with E-state index in [4.69, 9.17) is 0 Å². The van der Waals surface area contributed by atoms with Crippen molar-refractivity contribution in [2.45, 2.75) is 20.3 Å². The van der Waals surface area contributed by atoms with Gasteiger partial charge in [0.05, 0.1) is 0 Å². The Hall–Kier alpha value is -1.24. The summed E-state index contributed by atoms with van der Waals surface area (Å²) in [5, 5.41) is 9.60. The second-order valence-corrected chi connectivity index (χ2v) is 3.49. The molecule has 0 fully saturated rings. The van der Waals surface area contributed by atoms with E-state index in [1.165, 1.54) is 0 Å². The lowest BCUT2D eigenvalue weighted by Gasteiger charge is -2.10. The van der Waals surface area contributed by atoms with Gasteiger partial charge in [0, 0.05) is 0 Å². The Bertz CT molecular complexity index is 282. The van der Waals surface area contributed by atoms with E-state index < -0.39 is 0 Å². The summed E-state index contributed by atoms with van der Waals surface area (Å²) in [6, 6.07) is 5.62. The number of hydrogen-bond acceptors (Lipinski definition) is 1. The maximum atomic E-state index is 9.60. The molecule has 1 unspecified atom stereocenters. The number of aromatic hydroxyl groups is 1. The number of aryl methyl sites for hydroxylation is 1. The predicted octanol–water partition coefficient (Wildman–Crippen LogP) is 3.07. The molecule has 0 heterocycles. The highest BCUT2D eigenvalue weighted by Crippen LogP contribution is 2.23. The van der Waals surface area contributed by atoms with Crippen LogP contribution in [0.15, 0.2) is 30.9 Å². The van der Waals surface area contributed by atoms with Gasteiger partial charge in [-0.15, -0.1) is 6.58 Å². The Morgan fingerprint density at radius 2 is 2.23 bits per heavy atom. The summed E-state index contributed by atoms with van der Waals surface area (Å²) >= 11 is 0. The highest BCUT2D eigenvalue weighted by molar-refractivity contribution is 5.38.